The molecule has 0 aliphatic carbocycles. The Bertz CT molecular complexity index is 622. The molecule has 2 aromatic rings. The van der Waals surface area contributed by atoms with Gasteiger partial charge in [-0.3, -0.25) is 0 Å². The second-order valence-corrected chi connectivity index (χ2v) is 5.78. The predicted octanol–water partition coefficient (Wildman–Crippen LogP) is 5.96. The SMILES string of the molecule is CCC(c1cccc(C(C)C)c1O)C(F)(F)F.Oc1ccccc1. The van der Waals surface area contributed by atoms with E-state index in [0.29, 0.717) is 11.3 Å². The minimum absolute atomic E-state index is 0.000639. The van der Waals surface area contributed by atoms with E-state index in [1.807, 2.05) is 19.9 Å². The Morgan fingerprint density at radius 3 is 1.79 bits per heavy atom. The summed E-state index contributed by atoms with van der Waals surface area (Å²) < 4.78 is 38.4. The van der Waals surface area contributed by atoms with E-state index in [1.54, 1.807) is 36.4 Å². The van der Waals surface area contributed by atoms with E-state index in [0.717, 1.165) is 0 Å². The lowest BCUT2D eigenvalue weighted by Crippen LogP contribution is -2.20. The van der Waals surface area contributed by atoms with Crippen molar-refractivity contribution in [3.8, 4) is 11.5 Å². The molecule has 0 bridgehead atoms. The third-order valence-electron chi connectivity index (χ3n) is 3.66. The Hall–Kier alpha value is -2.17. The van der Waals surface area contributed by atoms with Crippen LogP contribution in [0.2, 0.25) is 0 Å². The van der Waals surface area contributed by atoms with Crippen LogP contribution in [-0.2, 0) is 0 Å². The number of hydrogen-bond acceptors (Lipinski definition) is 2. The molecule has 0 aliphatic heterocycles. The van der Waals surface area contributed by atoms with Crippen LogP contribution in [0.4, 0.5) is 13.2 Å². The zero-order chi connectivity index (χ0) is 18.3. The Morgan fingerprint density at radius 1 is 0.875 bits per heavy atom. The summed E-state index contributed by atoms with van der Waals surface area (Å²) in [5.41, 5.74) is 0.538. The third-order valence-corrected chi connectivity index (χ3v) is 3.66. The van der Waals surface area contributed by atoms with E-state index in [9.17, 15) is 18.3 Å². The van der Waals surface area contributed by atoms with Crippen LogP contribution in [-0.4, -0.2) is 16.4 Å². The minimum atomic E-state index is -4.32. The molecule has 5 heteroatoms. The van der Waals surface area contributed by atoms with Crippen molar-refractivity contribution in [1.29, 1.82) is 0 Å². The number of phenols is 2. The summed E-state index contributed by atoms with van der Waals surface area (Å²) in [7, 11) is 0. The number of aromatic hydroxyl groups is 2. The van der Waals surface area contributed by atoms with Gasteiger partial charge in [-0.15, -0.1) is 0 Å². The van der Waals surface area contributed by atoms with Gasteiger partial charge in [0, 0.05) is 5.56 Å². The van der Waals surface area contributed by atoms with Crippen LogP contribution in [0.15, 0.2) is 48.5 Å². The second-order valence-electron chi connectivity index (χ2n) is 5.78. The predicted molar refractivity (Wildman–Crippen MR) is 89.4 cm³/mol. The molecule has 132 valence electrons. The summed E-state index contributed by atoms with van der Waals surface area (Å²) in [5, 5.41) is 18.6. The highest BCUT2D eigenvalue weighted by Gasteiger charge is 2.40. The minimum Gasteiger partial charge on any atom is -0.508 e. The van der Waals surface area contributed by atoms with Crippen LogP contribution in [0.3, 0.4) is 0 Å². The Kier molecular flexibility index (Phi) is 7.14. The highest BCUT2D eigenvalue weighted by atomic mass is 19.4. The van der Waals surface area contributed by atoms with Gasteiger partial charge in [0.2, 0.25) is 0 Å². The lowest BCUT2D eigenvalue weighted by Gasteiger charge is -2.22. The molecule has 0 radical (unpaired) electrons. The molecule has 2 rings (SSSR count). The van der Waals surface area contributed by atoms with Crippen molar-refractivity contribution in [2.24, 2.45) is 0 Å². The van der Waals surface area contributed by atoms with E-state index in [1.165, 1.54) is 13.0 Å². The largest absolute Gasteiger partial charge is 0.508 e. The molecule has 0 aliphatic rings. The Balaban J connectivity index is 0.000000341. The number of hydrogen-bond donors (Lipinski definition) is 2. The summed E-state index contributed by atoms with van der Waals surface area (Å²) in [6.07, 6.45) is -4.39. The zero-order valence-corrected chi connectivity index (χ0v) is 14.0. The van der Waals surface area contributed by atoms with Gasteiger partial charge >= 0.3 is 6.18 Å². The Morgan fingerprint density at radius 2 is 1.42 bits per heavy atom. The van der Waals surface area contributed by atoms with E-state index in [-0.39, 0.29) is 23.7 Å². The molecule has 0 fully saturated rings. The summed E-state index contributed by atoms with van der Waals surface area (Å²) in [4.78, 5) is 0. The van der Waals surface area contributed by atoms with Crippen LogP contribution in [0, 0.1) is 0 Å². The molecule has 1 unspecified atom stereocenters. The third kappa shape index (κ3) is 5.48. The van der Waals surface area contributed by atoms with Gasteiger partial charge in [0.05, 0.1) is 5.92 Å². The van der Waals surface area contributed by atoms with E-state index in [2.05, 4.69) is 0 Å². The molecule has 2 N–H and O–H groups in total. The fraction of sp³-hybridized carbons (Fsp3) is 0.368. The fourth-order valence-electron chi connectivity index (χ4n) is 2.38. The highest BCUT2D eigenvalue weighted by Crippen LogP contribution is 2.43. The van der Waals surface area contributed by atoms with E-state index >= 15 is 0 Å². The first-order valence-corrected chi connectivity index (χ1v) is 7.80. The van der Waals surface area contributed by atoms with Gasteiger partial charge in [0.25, 0.3) is 0 Å². The first-order chi connectivity index (χ1) is 11.2. The maximum Gasteiger partial charge on any atom is 0.395 e. The van der Waals surface area contributed by atoms with Crippen molar-refractivity contribution in [2.75, 3.05) is 0 Å². The summed E-state index contributed by atoms with van der Waals surface area (Å²) in [6, 6.07) is 13.3. The highest BCUT2D eigenvalue weighted by molar-refractivity contribution is 5.44. The maximum absolute atomic E-state index is 12.8. The fourth-order valence-corrected chi connectivity index (χ4v) is 2.38. The number of rotatable bonds is 3. The van der Waals surface area contributed by atoms with Crippen molar-refractivity contribution in [3.05, 3.63) is 59.7 Å². The molecule has 0 saturated heterocycles. The molecule has 24 heavy (non-hydrogen) atoms. The molecule has 0 spiro atoms. The summed E-state index contributed by atoms with van der Waals surface area (Å²) in [6.45, 7) is 5.15. The van der Waals surface area contributed by atoms with Gasteiger partial charge in [-0.2, -0.15) is 13.2 Å². The van der Waals surface area contributed by atoms with Crippen LogP contribution >= 0.6 is 0 Å². The van der Waals surface area contributed by atoms with Gasteiger partial charge in [0.1, 0.15) is 11.5 Å². The molecule has 0 saturated carbocycles. The first-order valence-electron chi connectivity index (χ1n) is 7.80. The van der Waals surface area contributed by atoms with Crippen molar-refractivity contribution < 1.29 is 23.4 Å². The molecule has 0 amide bonds. The molecule has 2 aromatic carbocycles. The molecule has 1 atom stereocenters. The summed E-state index contributed by atoms with van der Waals surface area (Å²) in [5.74, 6) is -1.49. The van der Waals surface area contributed by atoms with Gasteiger partial charge in [-0.25, -0.2) is 0 Å². The van der Waals surface area contributed by atoms with E-state index < -0.39 is 12.1 Å². The lowest BCUT2D eigenvalue weighted by molar-refractivity contribution is -0.151. The zero-order valence-electron chi connectivity index (χ0n) is 14.0. The number of phenolic OH excluding ortho intramolecular Hbond substituents is 2. The molecule has 2 nitrogen and oxygen atoms in total. The van der Waals surface area contributed by atoms with Crippen molar-refractivity contribution in [2.45, 2.75) is 45.2 Å². The number of alkyl halides is 3. The smallest absolute Gasteiger partial charge is 0.395 e. The number of para-hydroxylation sites is 2. The quantitative estimate of drug-likeness (QED) is 0.723. The van der Waals surface area contributed by atoms with Crippen molar-refractivity contribution in [3.63, 3.8) is 0 Å². The van der Waals surface area contributed by atoms with Crippen molar-refractivity contribution >= 4 is 0 Å². The molecule has 0 heterocycles. The Labute approximate surface area is 140 Å². The second kappa shape index (κ2) is 8.62. The van der Waals surface area contributed by atoms with Gasteiger partial charge in [-0.05, 0) is 30.0 Å². The normalized spacial score (nSPS) is 12.5. The molecular formula is C19H23F3O2. The van der Waals surface area contributed by atoms with Crippen LogP contribution < -0.4 is 0 Å². The average molecular weight is 340 g/mol. The van der Waals surface area contributed by atoms with Gasteiger partial charge < -0.3 is 10.2 Å². The average Bonchev–Trinajstić information content (AvgIpc) is 2.49. The van der Waals surface area contributed by atoms with Crippen molar-refractivity contribution in [1.82, 2.24) is 0 Å². The lowest BCUT2D eigenvalue weighted by atomic mass is 9.90. The van der Waals surface area contributed by atoms with Gasteiger partial charge in [-0.1, -0.05) is 57.2 Å². The van der Waals surface area contributed by atoms with Crippen LogP contribution in [0.25, 0.3) is 0 Å². The number of benzene rings is 2. The standard InChI is InChI=1S/C13H17F3O.C6H6O/c1-4-11(13(14,15)16)10-7-5-6-9(8(2)3)12(10)17;7-6-4-2-1-3-5-6/h5-8,11,17H,4H2,1-3H3;1-5,7H. The molecular weight excluding hydrogens is 317 g/mol. The van der Waals surface area contributed by atoms with E-state index in [4.69, 9.17) is 5.11 Å². The summed E-state index contributed by atoms with van der Waals surface area (Å²) >= 11 is 0. The monoisotopic (exact) mass is 340 g/mol. The number of halogens is 3. The van der Waals surface area contributed by atoms with Gasteiger partial charge in [0.15, 0.2) is 0 Å². The first kappa shape index (κ1) is 19.9. The topological polar surface area (TPSA) is 40.5 Å². The maximum atomic E-state index is 12.8. The van der Waals surface area contributed by atoms with Crippen LogP contribution in [0.1, 0.15) is 50.2 Å². The molecule has 0 aromatic heterocycles. The van der Waals surface area contributed by atoms with Crippen LogP contribution in [0.5, 0.6) is 11.5 Å².